The fourth-order valence-electron chi connectivity index (χ4n) is 4.56. The predicted octanol–water partition coefficient (Wildman–Crippen LogP) is 6.70. The fraction of sp³-hybridized carbons (Fsp3) is 0.0909. The summed E-state index contributed by atoms with van der Waals surface area (Å²) in [6, 6.07) is 34.8. The van der Waals surface area contributed by atoms with Crippen LogP contribution < -0.4 is 4.74 Å². The van der Waals surface area contributed by atoms with Gasteiger partial charge in [0.15, 0.2) is 0 Å². The second-order valence-corrected chi connectivity index (χ2v) is 8.73. The number of carbonyl (C=O) groups is 2. The average molecular weight is 487 g/mol. The minimum absolute atomic E-state index is 0.402. The number of carbonyl (C=O) groups excluding carboxylic acids is 2. The van der Waals surface area contributed by atoms with Gasteiger partial charge in [-0.05, 0) is 29.3 Å². The first-order valence-electron chi connectivity index (χ1n) is 12.1. The summed E-state index contributed by atoms with van der Waals surface area (Å²) < 4.78 is 11.8. The van der Waals surface area contributed by atoms with Crippen molar-refractivity contribution >= 4 is 23.2 Å². The first-order chi connectivity index (χ1) is 18.1. The Bertz CT molecular complexity index is 1390. The number of ketones is 2. The van der Waals surface area contributed by atoms with Gasteiger partial charge in [-0.2, -0.15) is 0 Å². The molecule has 0 bridgehead atoms. The third-order valence-electron chi connectivity index (χ3n) is 6.41. The Labute approximate surface area is 216 Å². The molecule has 4 nitrogen and oxygen atoms in total. The summed E-state index contributed by atoms with van der Waals surface area (Å²) in [6.45, 7) is 0. The smallest absolute Gasteiger partial charge is 0.220 e. The van der Waals surface area contributed by atoms with Gasteiger partial charge in [0.2, 0.25) is 17.2 Å². The van der Waals surface area contributed by atoms with E-state index in [1.165, 1.54) is 0 Å². The lowest BCUT2D eigenvalue weighted by molar-refractivity contribution is 0.0128. The second-order valence-electron chi connectivity index (χ2n) is 8.73. The lowest BCUT2D eigenvalue weighted by Crippen LogP contribution is -2.49. The van der Waals surface area contributed by atoms with Gasteiger partial charge >= 0.3 is 0 Å². The highest BCUT2D eigenvalue weighted by Crippen LogP contribution is 2.43. The lowest BCUT2D eigenvalue weighted by Gasteiger charge is -2.30. The van der Waals surface area contributed by atoms with Crippen molar-refractivity contribution in [3.05, 3.63) is 150 Å². The highest BCUT2D eigenvalue weighted by Gasteiger charge is 2.55. The number of benzene rings is 4. The van der Waals surface area contributed by atoms with E-state index in [0.717, 1.165) is 5.56 Å². The first kappa shape index (κ1) is 24.2. The van der Waals surface area contributed by atoms with Crippen molar-refractivity contribution in [2.24, 2.45) is 0 Å². The maximum absolute atomic E-state index is 14.3. The zero-order valence-electron chi connectivity index (χ0n) is 20.4. The highest BCUT2D eigenvalue weighted by atomic mass is 16.5. The number of ether oxygens (including phenoxy) is 2. The van der Waals surface area contributed by atoms with Gasteiger partial charge < -0.3 is 9.47 Å². The van der Waals surface area contributed by atoms with Crippen molar-refractivity contribution < 1.29 is 19.1 Å². The summed E-state index contributed by atoms with van der Waals surface area (Å²) in [5.74, 6) is -0.127. The standard InChI is InChI=1S/C33H26O4/c1-36-28-21-18-25(19-22-28)30-23-29(20-17-24-11-5-2-6-12-24)37-33(30,31(34)26-13-7-3-8-14-26)32(35)27-15-9-4-10-16-27/h2-23,29H,1H3/b20-17+. The summed E-state index contributed by atoms with van der Waals surface area (Å²) in [5.41, 5.74) is 1.17. The molecule has 182 valence electrons. The van der Waals surface area contributed by atoms with Crippen LogP contribution >= 0.6 is 0 Å². The van der Waals surface area contributed by atoms with E-state index in [1.807, 2.05) is 85.0 Å². The molecule has 0 fully saturated rings. The van der Waals surface area contributed by atoms with Crippen molar-refractivity contribution in [3.63, 3.8) is 0 Å². The summed E-state index contributed by atoms with van der Waals surface area (Å²) >= 11 is 0. The normalized spacial score (nSPS) is 16.4. The average Bonchev–Trinajstić information content (AvgIpc) is 3.37. The molecule has 5 rings (SSSR count). The van der Waals surface area contributed by atoms with Crippen LogP contribution in [0.15, 0.2) is 127 Å². The Kier molecular flexibility index (Phi) is 6.93. The van der Waals surface area contributed by atoms with Crippen LogP contribution in [0.5, 0.6) is 5.75 Å². The van der Waals surface area contributed by atoms with Crippen LogP contribution in [-0.4, -0.2) is 30.4 Å². The Morgan fingerprint density at radius 2 is 1.24 bits per heavy atom. The maximum Gasteiger partial charge on any atom is 0.220 e. The molecule has 1 aliphatic heterocycles. The largest absolute Gasteiger partial charge is 0.497 e. The molecule has 1 heterocycles. The molecule has 0 saturated heterocycles. The van der Waals surface area contributed by atoms with Crippen LogP contribution in [0.1, 0.15) is 31.8 Å². The lowest BCUT2D eigenvalue weighted by atomic mass is 9.77. The number of Topliss-reactive ketones (excluding diaryl/α,β-unsaturated/α-hetero) is 2. The van der Waals surface area contributed by atoms with Crippen LogP contribution in [0.2, 0.25) is 0 Å². The Morgan fingerprint density at radius 1 is 0.730 bits per heavy atom. The molecule has 4 heteroatoms. The number of rotatable bonds is 8. The minimum Gasteiger partial charge on any atom is -0.497 e. The monoisotopic (exact) mass is 486 g/mol. The van der Waals surface area contributed by atoms with Crippen molar-refractivity contribution in [2.75, 3.05) is 7.11 Å². The topological polar surface area (TPSA) is 52.6 Å². The Hall–Kier alpha value is -4.54. The van der Waals surface area contributed by atoms with Crippen LogP contribution in [-0.2, 0) is 4.74 Å². The third kappa shape index (κ3) is 4.80. The summed E-state index contributed by atoms with van der Waals surface area (Å²) in [5, 5.41) is 0. The van der Waals surface area contributed by atoms with Gasteiger partial charge in [-0.15, -0.1) is 0 Å². The van der Waals surface area contributed by atoms with E-state index in [9.17, 15) is 9.59 Å². The van der Waals surface area contributed by atoms with Gasteiger partial charge in [-0.3, -0.25) is 9.59 Å². The summed E-state index contributed by atoms with van der Waals surface area (Å²) in [7, 11) is 1.60. The molecular weight excluding hydrogens is 460 g/mol. The molecule has 0 spiro atoms. The SMILES string of the molecule is COc1ccc(C2=CC(/C=C/c3ccccc3)OC2(C(=O)c2ccccc2)C(=O)c2ccccc2)cc1. The van der Waals surface area contributed by atoms with Gasteiger partial charge in [-0.25, -0.2) is 0 Å². The van der Waals surface area contributed by atoms with Crippen molar-refractivity contribution in [3.8, 4) is 5.75 Å². The van der Waals surface area contributed by atoms with Gasteiger partial charge in [0.05, 0.1) is 13.2 Å². The van der Waals surface area contributed by atoms with E-state index in [0.29, 0.717) is 28.0 Å². The van der Waals surface area contributed by atoms with Crippen LogP contribution in [0.25, 0.3) is 11.6 Å². The number of hydrogen-bond acceptors (Lipinski definition) is 4. The number of methoxy groups -OCH3 is 1. The van der Waals surface area contributed by atoms with E-state index in [-0.39, 0.29) is 0 Å². The Morgan fingerprint density at radius 3 is 1.76 bits per heavy atom. The summed E-state index contributed by atoms with van der Waals surface area (Å²) in [4.78, 5) is 28.5. The molecule has 0 amide bonds. The zero-order chi connectivity index (χ0) is 25.7. The molecular formula is C33H26O4. The molecule has 0 saturated carbocycles. The molecule has 0 radical (unpaired) electrons. The number of hydrogen-bond donors (Lipinski definition) is 0. The molecule has 37 heavy (non-hydrogen) atoms. The van der Waals surface area contributed by atoms with Gasteiger partial charge in [0.25, 0.3) is 0 Å². The maximum atomic E-state index is 14.3. The van der Waals surface area contributed by atoms with E-state index >= 15 is 0 Å². The summed E-state index contributed by atoms with van der Waals surface area (Å²) in [6.07, 6.45) is 5.07. The van der Waals surface area contributed by atoms with E-state index in [1.54, 1.807) is 55.6 Å². The second kappa shape index (κ2) is 10.6. The predicted molar refractivity (Wildman–Crippen MR) is 146 cm³/mol. The minimum atomic E-state index is -1.86. The molecule has 4 aromatic carbocycles. The molecule has 1 unspecified atom stereocenters. The van der Waals surface area contributed by atoms with Gasteiger partial charge in [0, 0.05) is 16.7 Å². The van der Waals surface area contributed by atoms with Crippen LogP contribution in [0.3, 0.4) is 0 Å². The molecule has 0 aliphatic carbocycles. The molecule has 0 N–H and O–H groups in total. The quantitative estimate of drug-likeness (QED) is 0.206. The van der Waals surface area contributed by atoms with E-state index < -0.39 is 23.3 Å². The van der Waals surface area contributed by atoms with Crippen molar-refractivity contribution in [1.82, 2.24) is 0 Å². The van der Waals surface area contributed by atoms with Gasteiger partial charge in [-0.1, -0.05) is 115 Å². The molecule has 4 aromatic rings. The highest BCUT2D eigenvalue weighted by molar-refractivity contribution is 6.31. The van der Waals surface area contributed by atoms with Crippen molar-refractivity contribution in [1.29, 1.82) is 0 Å². The van der Waals surface area contributed by atoms with Crippen molar-refractivity contribution in [2.45, 2.75) is 11.7 Å². The first-order valence-corrected chi connectivity index (χ1v) is 12.1. The Balaban J connectivity index is 1.68. The molecule has 0 aromatic heterocycles. The fourth-order valence-corrected chi connectivity index (χ4v) is 4.56. The molecule has 1 atom stereocenters. The van der Waals surface area contributed by atoms with Crippen LogP contribution in [0, 0.1) is 0 Å². The van der Waals surface area contributed by atoms with Crippen LogP contribution in [0.4, 0.5) is 0 Å². The third-order valence-corrected chi connectivity index (χ3v) is 6.41. The van der Waals surface area contributed by atoms with Gasteiger partial charge in [0.1, 0.15) is 5.75 Å². The zero-order valence-corrected chi connectivity index (χ0v) is 20.4. The molecule has 1 aliphatic rings. The van der Waals surface area contributed by atoms with E-state index in [2.05, 4.69) is 0 Å². The van der Waals surface area contributed by atoms with E-state index in [4.69, 9.17) is 9.47 Å².